The Morgan fingerprint density at radius 2 is 1.67 bits per heavy atom. The van der Waals surface area contributed by atoms with Crippen molar-refractivity contribution < 1.29 is 50.3 Å². The van der Waals surface area contributed by atoms with Crippen LogP contribution in [0.1, 0.15) is 27.2 Å². The van der Waals surface area contributed by atoms with Crippen LogP contribution in [0.5, 0.6) is 5.75 Å². The minimum Gasteiger partial charge on any atom is -0.484 e. The molecule has 1 atom stereocenters. The number of rotatable bonds is 6. The molecule has 0 aliphatic carbocycles. The number of alkyl halides is 7. The monoisotopic (exact) mass is 489 g/mol. The molecule has 184 valence electrons. The van der Waals surface area contributed by atoms with E-state index in [-0.39, 0.29) is 11.4 Å². The van der Waals surface area contributed by atoms with E-state index in [0.29, 0.717) is 0 Å². The number of aliphatic hydroxyl groups is 1. The predicted molar refractivity (Wildman–Crippen MR) is 97.8 cm³/mol. The maximum absolute atomic E-state index is 14.6. The third kappa shape index (κ3) is 4.58. The SMILES string of the molecule is CC(C)(C)C1=NN(C(=O)COc2ccc([N+](=O)[O-])cc2)[C@](O)(C(F)(F)C(F)(F)C(F)(F)F)C1. The summed E-state index contributed by atoms with van der Waals surface area (Å²) in [6, 6.07) is 4.00. The molecule has 33 heavy (non-hydrogen) atoms. The van der Waals surface area contributed by atoms with Gasteiger partial charge in [-0.1, -0.05) is 20.8 Å². The van der Waals surface area contributed by atoms with Gasteiger partial charge in [-0.05, 0) is 12.1 Å². The van der Waals surface area contributed by atoms with Gasteiger partial charge in [-0.3, -0.25) is 14.9 Å². The largest absolute Gasteiger partial charge is 0.484 e. The van der Waals surface area contributed by atoms with Gasteiger partial charge < -0.3 is 9.84 Å². The van der Waals surface area contributed by atoms with E-state index in [1.54, 1.807) is 0 Å². The number of amides is 1. The second kappa shape index (κ2) is 8.11. The van der Waals surface area contributed by atoms with Gasteiger partial charge in [0.15, 0.2) is 6.61 Å². The number of halogens is 7. The molecule has 1 amide bonds. The highest BCUT2D eigenvalue weighted by molar-refractivity contribution is 5.94. The normalized spacial score (nSPS) is 20.0. The first-order chi connectivity index (χ1) is 14.8. The van der Waals surface area contributed by atoms with E-state index >= 15 is 0 Å². The Hall–Kier alpha value is -2.97. The lowest BCUT2D eigenvalue weighted by atomic mass is 9.83. The molecule has 0 saturated heterocycles. The van der Waals surface area contributed by atoms with Gasteiger partial charge in [-0.2, -0.15) is 40.8 Å². The summed E-state index contributed by atoms with van der Waals surface area (Å²) in [4.78, 5) is 22.4. The van der Waals surface area contributed by atoms with Crippen molar-refractivity contribution in [2.45, 2.75) is 50.9 Å². The lowest BCUT2D eigenvalue weighted by molar-refractivity contribution is -0.401. The van der Waals surface area contributed by atoms with Crippen molar-refractivity contribution in [2.75, 3.05) is 6.61 Å². The van der Waals surface area contributed by atoms with Crippen LogP contribution in [0, 0.1) is 15.5 Å². The third-order valence-corrected chi connectivity index (χ3v) is 4.75. The second-order valence-corrected chi connectivity index (χ2v) is 8.18. The zero-order valence-electron chi connectivity index (χ0n) is 17.3. The molecule has 8 nitrogen and oxygen atoms in total. The predicted octanol–water partition coefficient (Wildman–Crippen LogP) is 4.13. The summed E-state index contributed by atoms with van der Waals surface area (Å²) in [5.41, 5.74) is -6.33. The summed E-state index contributed by atoms with van der Waals surface area (Å²) in [7, 11) is 0. The van der Waals surface area contributed by atoms with E-state index in [1.807, 2.05) is 0 Å². The van der Waals surface area contributed by atoms with E-state index in [4.69, 9.17) is 4.74 Å². The van der Waals surface area contributed by atoms with Crippen LogP contribution in [0.3, 0.4) is 0 Å². The van der Waals surface area contributed by atoms with Crippen LogP contribution >= 0.6 is 0 Å². The Morgan fingerprint density at radius 3 is 2.09 bits per heavy atom. The average molecular weight is 489 g/mol. The van der Waals surface area contributed by atoms with E-state index in [2.05, 4.69) is 5.10 Å². The molecule has 0 bridgehead atoms. The molecule has 0 spiro atoms. The number of ether oxygens (including phenoxy) is 1. The standard InChI is InChI=1S/C18H18F7N3O5/c1-14(2,3)12-8-15(30,16(19,20)17(21,22)18(23,24)25)27(26-12)13(29)9-33-11-6-4-10(5-7-11)28(31)32/h4-7,30H,8-9H2,1-3H3/t15-/m1/s1. The molecule has 2 rings (SSSR count). The molecule has 1 aliphatic heterocycles. The summed E-state index contributed by atoms with van der Waals surface area (Å²) in [5, 5.41) is 23.9. The first kappa shape index (κ1) is 26.3. The molecule has 1 heterocycles. The summed E-state index contributed by atoms with van der Waals surface area (Å²) < 4.78 is 99.6. The van der Waals surface area contributed by atoms with E-state index in [9.17, 15) is 50.7 Å². The maximum Gasteiger partial charge on any atom is 0.460 e. The Bertz CT molecular complexity index is 958. The number of nitrogens with zero attached hydrogens (tertiary/aromatic N) is 3. The van der Waals surface area contributed by atoms with Gasteiger partial charge in [0, 0.05) is 29.7 Å². The maximum atomic E-state index is 14.6. The van der Waals surface area contributed by atoms with Crippen LogP contribution in [0.15, 0.2) is 29.4 Å². The van der Waals surface area contributed by atoms with Gasteiger partial charge in [0.1, 0.15) is 5.75 Å². The molecule has 1 aliphatic rings. The van der Waals surface area contributed by atoms with E-state index in [1.165, 1.54) is 20.8 Å². The minimum atomic E-state index is -6.75. The fourth-order valence-electron chi connectivity index (χ4n) is 2.77. The molecule has 0 radical (unpaired) electrons. The van der Waals surface area contributed by atoms with Crippen LogP contribution in [-0.4, -0.2) is 57.0 Å². The lowest BCUT2D eigenvalue weighted by Crippen LogP contribution is -2.69. The molecule has 0 aromatic heterocycles. The van der Waals surface area contributed by atoms with Crippen LogP contribution in [0.4, 0.5) is 36.4 Å². The van der Waals surface area contributed by atoms with Crippen molar-refractivity contribution >= 4 is 17.3 Å². The van der Waals surface area contributed by atoms with Gasteiger partial charge in [0.25, 0.3) is 11.6 Å². The average Bonchev–Trinajstić information content (AvgIpc) is 3.05. The zero-order chi connectivity index (χ0) is 25.6. The molecule has 1 aromatic rings. The zero-order valence-corrected chi connectivity index (χ0v) is 17.3. The van der Waals surface area contributed by atoms with Crippen molar-refractivity contribution in [1.82, 2.24) is 5.01 Å². The highest BCUT2D eigenvalue weighted by atomic mass is 19.4. The van der Waals surface area contributed by atoms with Gasteiger partial charge in [0.2, 0.25) is 5.72 Å². The summed E-state index contributed by atoms with van der Waals surface area (Å²) in [6.45, 7) is 2.85. The Morgan fingerprint density at radius 1 is 1.15 bits per heavy atom. The van der Waals surface area contributed by atoms with Crippen molar-refractivity contribution in [1.29, 1.82) is 0 Å². The number of carbonyl (C=O) groups excluding carboxylic acids is 1. The van der Waals surface area contributed by atoms with Gasteiger partial charge in [0.05, 0.1) is 4.92 Å². The van der Waals surface area contributed by atoms with Gasteiger partial charge >= 0.3 is 18.0 Å². The minimum absolute atomic E-state index is 0.191. The number of hydrogen-bond acceptors (Lipinski definition) is 6. The number of non-ortho nitro benzene ring substituents is 1. The number of carbonyl (C=O) groups is 1. The van der Waals surface area contributed by atoms with Gasteiger partial charge in [-0.15, -0.1) is 0 Å². The Kier molecular flexibility index (Phi) is 6.46. The Balaban J connectivity index is 2.39. The molecule has 1 aromatic carbocycles. The number of benzene rings is 1. The summed E-state index contributed by atoms with van der Waals surface area (Å²) in [5.74, 6) is -14.8. The van der Waals surface area contributed by atoms with E-state index < -0.39 is 63.7 Å². The smallest absolute Gasteiger partial charge is 0.460 e. The third-order valence-electron chi connectivity index (χ3n) is 4.75. The van der Waals surface area contributed by atoms with Crippen molar-refractivity contribution in [3.63, 3.8) is 0 Å². The number of nitro benzene ring substituents is 1. The number of nitro groups is 1. The molecule has 15 heteroatoms. The molecule has 1 N–H and O–H groups in total. The number of hydrogen-bond donors (Lipinski definition) is 1. The van der Waals surface area contributed by atoms with Gasteiger partial charge in [-0.25, -0.2) is 0 Å². The highest BCUT2D eigenvalue weighted by Crippen LogP contribution is 2.55. The van der Waals surface area contributed by atoms with E-state index in [0.717, 1.165) is 24.3 Å². The second-order valence-electron chi connectivity index (χ2n) is 8.18. The molecule has 0 unspecified atom stereocenters. The van der Waals surface area contributed by atoms with Crippen LogP contribution < -0.4 is 4.74 Å². The molecule has 0 fully saturated rings. The van der Waals surface area contributed by atoms with Crippen LogP contribution in [0.25, 0.3) is 0 Å². The quantitative estimate of drug-likeness (QED) is 0.368. The van der Waals surface area contributed by atoms with Crippen molar-refractivity contribution in [2.24, 2.45) is 10.5 Å². The van der Waals surface area contributed by atoms with Crippen molar-refractivity contribution in [3.8, 4) is 5.75 Å². The first-order valence-corrected chi connectivity index (χ1v) is 9.09. The molecular formula is C18H18F7N3O5. The fraction of sp³-hybridized carbons (Fsp3) is 0.556. The first-order valence-electron chi connectivity index (χ1n) is 9.09. The molecule has 0 saturated carbocycles. The lowest BCUT2D eigenvalue weighted by Gasteiger charge is -2.41. The Labute approximate surface area is 181 Å². The molecular weight excluding hydrogens is 471 g/mol. The van der Waals surface area contributed by atoms with Crippen LogP contribution in [-0.2, 0) is 4.79 Å². The summed E-state index contributed by atoms with van der Waals surface area (Å²) >= 11 is 0. The topological polar surface area (TPSA) is 105 Å². The summed E-state index contributed by atoms with van der Waals surface area (Å²) in [6.07, 6.45) is -8.24. The number of hydrazone groups is 1. The fourth-order valence-corrected chi connectivity index (χ4v) is 2.77. The highest BCUT2D eigenvalue weighted by Gasteiger charge is 2.82. The van der Waals surface area contributed by atoms with Crippen molar-refractivity contribution in [3.05, 3.63) is 34.4 Å². The van der Waals surface area contributed by atoms with Crippen LogP contribution in [0.2, 0.25) is 0 Å².